The van der Waals surface area contributed by atoms with Gasteiger partial charge in [-0.2, -0.15) is 0 Å². The molecule has 4 rings (SSSR count). The number of amides is 2. The molecule has 0 bridgehead atoms. The molecule has 182 valence electrons. The van der Waals surface area contributed by atoms with E-state index in [0.29, 0.717) is 36.9 Å². The van der Waals surface area contributed by atoms with E-state index in [1.807, 2.05) is 75.4 Å². The van der Waals surface area contributed by atoms with E-state index in [-0.39, 0.29) is 12.6 Å². The average molecular weight is 476 g/mol. The molecule has 0 aliphatic carbocycles. The molecule has 2 heterocycles. The number of nitrogens with one attached hydrogen (secondary N) is 1. The van der Waals surface area contributed by atoms with Crippen LogP contribution >= 0.6 is 0 Å². The topological polar surface area (TPSA) is 90.0 Å². The Morgan fingerprint density at radius 1 is 1.06 bits per heavy atom. The van der Waals surface area contributed by atoms with Crippen LogP contribution in [-0.4, -0.2) is 42.3 Å². The monoisotopic (exact) mass is 475 g/mol. The van der Waals surface area contributed by atoms with E-state index in [1.165, 1.54) is 0 Å². The van der Waals surface area contributed by atoms with E-state index in [0.717, 1.165) is 16.8 Å². The molecule has 8 heteroatoms. The number of urea groups is 1. The summed E-state index contributed by atoms with van der Waals surface area (Å²) >= 11 is 0. The van der Waals surface area contributed by atoms with Crippen LogP contribution in [0.25, 0.3) is 0 Å². The van der Waals surface area contributed by atoms with Crippen LogP contribution in [-0.2, 0) is 16.0 Å². The van der Waals surface area contributed by atoms with Crippen LogP contribution in [0.5, 0.6) is 11.5 Å². The van der Waals surface area contributed by atoms with Crippen molar-refractivity contribution in [3.8, 4) is 11.5 Å². The van der Waals surface area contributed by atoms with Crippen LogP contribution < -0.4 is 19.7 Å². The molecule has 0 atom stereocenters. The number of pyridine rings is 1. The maximum atomic E-state index is 12.8. The van der Waals surface area contributed by atoms with Crippen LogP contribution in [0, 0.1) is 0 Å². The van der Waals surface area contributed by atoms with Gasteiger partial charge in [-0.15, -0.1) is 0 Å². The second-order valence-corrected chi connectivity index (χ2v) is 9.16. The lowest BCUT2D eigenvalue weighted by Crippen LogP contribution is -2.41. The third-order valence-electron chi connectivity index (χ3n) is 5.07. The third-order valence-corrected chi connectivity index (χ3v) is 5.07. The van der Waals surface area contributed by atoms with Gasteiger partial charge in [-0.05, 0) is 68.7 Å². The molecular weight excluding hydrogens is 446 g/mol. The number of hydrogen-bond donors (Lipinski definition) is 1. The Morgan fingerprint density at radius 2 is 1.86 bits per heavy atom. The van der Waals surface area contributed by atoms with Crippen LogP contribution in [0.3, 0.4) is 0 Å². The lowest BCUT2D eigenvalue weighted by atomic mass is 10.1. The summed E-state index contributed by atoms with van der Waals surface area (Å²) in [5.74, 6) is 1.22. The minimum absolute atomic E-state index is 0.157. The number of carbonyl (C=O) groups is 2. The highest BCUT2D eigenvalue weighted by Gasteiger charge is 2.25. The van der Waals surface area contributed by atoms with Gasteiger partial charge in [-0.25, -0.2) is 14.6 Å². The van der Waals surface area contributed by atoms with Gasteiger partial charge in [0.15, 0.2) is 18.2 Å². The standard InChI is InChI=1S/C27H29N3O5/c1-27(2,3)35-24(31)18-34-22-11-7-8-19(15-22)14-20-16-23-25(28-17-20)30(12-13-33-23)26(32)29-21-9-5-4-6-10-21/h4-11,15-17H,12-14,18H2,1-3H3,(H,29,32). The zero-order valence-electron chi connectivity index (χ0n) is 20.1. The fourth-order valence-corrected chi connectivity index (χ4v) is 3.64. The Balaban J connectivity index is 1.41. The smallest absolute Gasteiger partial charge is 0.344 e. The van der Waals surface area contributed by atoms with Crippen molar-refractivity contribution in [3.63, 3.8) is 0 Å². The summed E-state index contributed by atoms with van der Waals surface area (Å²) in [6.45, 7) is 6.09. The SMILES string of the molecule is CC(C)(C)OC(=O)COc1cccc(Cc2cnc3c(c2)OCCN3C(=O)Nc2ccccc2)c1. The van der Waals surface area contributed by atoms with Crippen LogP contribution in [0.4, 0.5) is 16.3 Å². The maximum absolute atomic E-state index is 12.8. The summed E-state index contributed by atoms with van der Waals surface area (Å²) in [4.78, 5) is 30.8. The van der Waals surface area contributed by atoms with E-state index in [1.54, 1.807) is 17.2 Å². The Hall–Kier alpha value is -4.07. The van der Waals surface area contributed by atoms with Gasteiger partial charge in [0, 0.05) is 11.9 Å². The summed E-state index contributed by atoms with van der Waals surface area (Å²) in [6.07, 6.45) is 2.33. The van der Waals surface area contributed by atoms with Gasteiger partial charge in [-0.1, -0.05) is 30.3 Å². The van der Waals surface area contributed by atoms with E-state index in [9.17, 15) is 9.59 Å². The predicted octanol–water partition coefficient (Wildman–Crippen LogP) is 4.82. The summed E-state index contributed by atoms with van der Waals surface area (Å²) in [5, 5.41) is 2.89. The van der Waals surface area contributed by atoms with Crippen molar-refractivity contribution in [3.05, 3.63) is 78.0 Å². The number of carbonyl (C=O) groups excluding carboxylic acids is 2. The number of rotatable bonds is 6. The summed E-state index contributed by atoms with van der Waals surface area (Å²) in [5.41, 5.74) is 2.08. The first-order valence-corrected chi connectivity index (χ1v) is 11.5. The number of para-hydroxylation sites is 1. The van der Waals surface area contributed by atoms with Crippen molar-refractivity contribution in [1.82, 2.24) is 4.98 Å². The van der Waals surface area contributed by atoms with Crippen LogP contribution in [0.1, 0.15) is 31.9 Å². The number of aromatic nitrogens is 1. The Morgan fingerprint density at radius 3 is 2.63 bits per heavy atom. The molecule has 1 aliphatic heterocycles. The fraction of sp³-hybridized carbons (Fsp3) is 0.296. The summed E-state index contributed by atoms with van der Waals surface area (Å²) < 4.78 is 16.7. The number of esters is 1. The van der Waals surface area contributed by atoms with Crippen molar-refractivity contribution in [2.24, 2.45) is 0 Å². The van der Waals surface area contributed by atoms with Gasteiger partial charge in [0.25, 0.3) is 0 Å². The first-order valence-electron chi connectivity index (χ1n) is 11.5. The molecule has 1 aliphatic rings. The molecular formula is C27H29N3O5. The number of ether oxygens (including phenoxy) is 3. The number of nitrogens with zero attached hydrogens (tertiary/aromatic N) is 2. The summed E-state index contributed by atoms with van der Waals surface area (Å²) in [7, 11) is 0. The van der Waals surface area contributed by atoms with Gasteiger partial charge in [-0.3, -0.25) is 4.90 Å². The first-order chi connectivity index (χ1) is 16.8. The minimum Gasteiger partial charge on any atom is -0.488 e. The average Bonchev–Trinajstić information content (AvgIpc) is 2.82. The number of anilines is 2. The Labute approximate surface area is 204 Å². The highest BCUT2D eigenvalue weighted by Crippen LogP contribution is 2.31. The van der Waals surface area contributed by atoms with Crippen molar-refractivity contribution < 1.29 is 23.8 Å². The zero-order valence-corrected chi connectivity index (χ0v) is 20.1. The van der Waals surface area contributed by atoms with Crippen LogP contribution in [0.15, 0.2) is 66.9 Å². The second kappa shape index (κ2) is 10.5. The molecule has 0 spiro atoms. The number of benzene rings is 2. The predicted molar refractivity (Wildman–Crippen MR) is 133 cm³/mol. The molecule has 2 amide bonds. The second-order valence-electron chi connectivity index (χ2n) is 9.16. The van der Waals surface area contributed by atoms with E-state index in [2.05, 4.69) is 10.3 Å². The Bertz CT molecular complexity index is 1190. The quantitative estimate of drug-likeness (QED) is 0.514. The first kappa shape index (κ1) is 24.1. The molecule has 1 aromatic heterocycles. The number of hydrogen-bond acceptors (Lipinski definition) is 6. The molecule has 8 nitrogen and oxygen atoms in total. The molecule has 0 saturated carbocycles. The molecule has 0 unspecified atom stereocenters. The molecule has 3 aromatic rings. The van der Waals surface area contributed by atoms with Gasteiger partial charge >= 0.3 is 12.0 Å². The maximum Gasteiger partial charge on any atom is 0.344 e. The van der Waals surface area contributed by atoms with E-state index in [4.69, 9.17) is 14.2 Å². The normalized spacial score (nSPS) is 12.8. The zero-order chi connectivity index (χ0) is 24.8. The molecule has 0 saturated heterocycles. The summed E-state index contributed by atoms with van der Waals surface area (Å²) in [6, 6.07) is 18.5. The Kier molecular flexibility index (Phi) is 7.19. The van der Waals surface area contributed by atoms with Crippen molar-refractivity contribution >= 4 is 23.5 Å². The van der Waals surface area contributed by atoms with Crippen molar-refractivity contribution in [2.45, 2.75) is 32.8 Å². The van der Waals surface area contributed by atoms with Gasteiger partial charge in [0.2, 0.25) is 0 Å². The van der Waals surface area contributed by atoms with Gasteiger partial charge in [0.1, 0.15) is 18.0 Å². The molecule has 0 radical (unpaired) electrons. The minimum atomic E-state index is -0.554. The molecule has 0 fully saturated rings. The van der Waals surface area contributed by atoms with Crippen molar-refractivity contribution in [1.29, 1.82) is 0 Å². The highest BCUT2D eigenvalue weighted by molar-refractivity contribution is 6.02. The highest BCUT2D eigenvalue weighted by atomic mass is 16.6. The fourth-order valence-electron chi connectivity index (χ4n) is 3.64. The largest absolute Gasteiger partial charge is 0.488 e. The third kappa shape index (κ3) is 6.72. The molecule has 35 heavy (non-hydrogen) atoms. The van der Waals surface area contributed by atoms with E-state index < -0.39 is 11.6 Å². The van der Waals surface area contributed by atoms with Crippen LogP contribution in [0.2, 0.25) is 0 Å². The molecule has 2 aromatic carbocycles. The lowest BCUT2D eigenvalue weighted by molar-refractivity contribution is -0.157. The van der Waals surface area contributed by atoms with E-state index >= 15 is 0 Å². The van der Waals surface area contributed by atoms with Gasteiger partial charge in [0.05, 0.1) is 6.54 Å². The molecule has 1 N–H and O–H groups in total. The van der Waals surface area contributed by atoms with Gasteiger partial charge < -0.3 is 19.5 Å². The lowest BCUT2D eigenvalue weighted by Gasteiger charge is -2.28. The van der Waals surface area contributed by atoms with Crippen molar-refractivity contribution in [2.75, 3.05) is 30.0 Å². The number of fused-ring (bicyclic) bond motifs is 1.